The number of aryl methyl sites for hydroxylation is 1. The van der Waals surface area contributed by atoms with Gasteiger partial charge in [0.15, 0.2) is 0 Å². The maximum atomic E-state index is 4.28. The minimum absolute atomic E-state index is 0.713. The Morgan fingerprint density at radius 1 is 1.20 bits per heavy atom. The minimum Gasteiger partial charge on any atom is -0.264 e. The molecule has 0 aliphatic rings. The summed E-state index contributed by atoms with van der Waals surface area (Å²) in [6.07, 6.45) is 10.2. The Morgan fingerprint density at radius 3 is 2.60 bits per heavy atom. The molecule has 0 aliphatic heterocycles. The molecule has 0 aromatic carbocycles. The Balaban J connectivity index is 2.88. The smallest absolute Gasteiger partial charge is 0.0305 e. The normalized spacial score (nSPS) is 12.7. The van der Waals surface area contributed by atoms with Gasteiger partial charge in [-0.25, -0.2) is 0 Å². The van der Waals surface area contributed by atoms with Crippen LogP contribution in [0.4, 0.5) is 0 Å². The number of nitrogens with zero attached hydrogens (tertiary/aromatic N) is 1. The number of hydrogen-bond donors (Lipinski definition) is 0. The van der Waals surface area contributed by atoms with Crippen LogP contribution < -0.4 is 0 Å². The maximum absolute atomic E-state index is 4.28. The van der Waals surface area contributed by atoms with Gasteiger partial charge >= 0.3 is 0 Å². The van der Waals surface area contributed by atoms with E-state index in [1.807, 2.05) is 6.20 Å². The van der Waals surface area contributed by atoms with Crippen LogP contribution in [0.15, 0.2) is 18.5 Å². The predicted molar refractivity (Wildman–Crippen MR) is 66.2 cm³/mol. The van der Waals surface area contributed by atoms with Gasteiger partial charge in [0.25, 0.3) is 0 Å². The van der Waals surface area contributed by atoms with Crippen LogP contribution in [-0.4, -0.2) is 4.98 Å². The second kappa shape index (κ2) is 6.60. The van der Waals surface area contributed by atoms with Crippen molar-refractivity contribution in [2.75, 3.05) is 0 Å². The Morgan fingerprint density at radius 2 is 2.00 bits per heavy atom. The van der Waals surface area contributed by atoms with E-state index in [0.717, 1.165) is 0 Å². The van der Waals surface area contributed by atoms with Gasteiger partial charge in [0.1, 0.15) is 0 Å². The fourth-order valence-corrected chi connectivity index (χ4v) is 2.23. The lowest BCUT2D eigenvalue weighted by molar-refractivity contribution is 0.587. The minimum atomic E-state index is 0.713. The summed E-state index contributed by atoms with van der Waals surface area (Å²) in [6, 6.07) is 2.19. The number of aromatic nitrogens is 1. The lowest BCUT2D eigenvalue weighted by atomic mass is 9.89. The van der Waals surface area contributed by atoms with E-state index in [-0.39, 0.29) is 0 Å². The van der Waals surface area contributed by atoms with Crippen molar-refractivity contribution < 1.29 is 0 Å². The Bertz CT molecular complexity index is 280. The quantitative estimate of drug-likeness (QED) is 0.673. The number of hydrogen-bond acceptors (Lipinski definition) is 1. The third kappa shape index (κ3) is 3.33. The molecule has 0 fully saturated rings. The largest absolute Gasteiger partial charge is 0.264 e. The van der Waals surface area contributed by atoms with Crippen molar-refractivity contribution in [1.29, 1.82) is 0 Å². The molecule has 84 valence electrons. The highest BCUT2D eigenvalue weighted by molar-refractivity contribution is 5.27. The molecule has 1 heterocycles. The van der Waals surface area contributed by atoms with Crippen LogP contribution in [0, 0.1) is 0 Å². The van der Waals surface area contributed by atoms with Crippen LogP contribution in [0.1, 0.15) is 63.5 Å². The summed E-state index contributed by atoms with van der Waals surface area (Å²) in [6.45, 7) is 6.78. The zero-order valence-electron chi connectivity index (χ0n) is 10.3. The molecular formula is C14H23N. The molecule has 1 aromatic rings. The van der Waals surface area contributed by atoms with Gasteiger partial charge in [0.05, 0.1) is 0 Å². The van der Waals surface area contributed by atoms with E-state index < -0.39 is 0 Å². The fraction of sp³-hybridized carbons (Fsp3) is 0.643. The van der Waals surface area contributed by atoms with Crippen molar-refractivity contribution in [3.63, 3.8) is 0 Å². The Hall–Kier alpha value is -0.850. The first-order valence-electron chi connectivity index (χ1n) is 6.26. The van der Waals surface area contributed by atoms with E-state index in [1.54, 1.807) is 0 Å². The van der Waals surface area contributed by atoms with Gasteiger partial charge in [0, 0.05) is 12.4 Å². The van der Waals surface area contributed by atoms with E-state index in [0.29, 0.717) is 5.92 Å². The lowest BCUT2D eigenvalue weighted by Crippen LogP contribution is -2.02. The second-order valence-electron chi connectivity index (χ2n) is 4.22. The molecule has 1 rings (SSSR count). The maximum Gasteiger partial charge on any atom is 0.0305 e. The fourth-order valence-electron chi connectivity index (χ4n) is 2.23. The first-order valence-corrected chi connectivity index (χ1v) is 6.26. The van der Waals surface area contributed by atoms with Gasteiger partial charge in [-0.3, -0.25) is 4.98 Å². The molecule has 0 saturated heterocycles. The summed E-state index contributed by atoms with van der Waals surface area (Å²) >= 11 is 0. The number of rotatable bonds is 6. The van der Waals surface area contributed by atoms with Crippen LogP contribution in [0.2, 0.25) is 0 Å². The zero-order chi connectivity index (χ0) is 11.1. The van der Waals surface area contributed by atoms with Gasteiger partial charge in [-0.2, -0.15) is 0 Å². The van der Waals surface area contributed by atoms with Crippen molar-refractivity contribution in [1.82, 2.24) is 4.98 Å². The molecule has 1 aromatic heterocycles. The summed E-state index contributed by atoms with van der Waals surface area (Å²) in [5, 5.41) is 0. The Labute approximate surface area is 93.9 Å². The molecule has 0 N–H and O–H groups in total. The van der Waals surface area contributed by atoms with Crippen LogP contribution >= 0.6 is 0 Å². The molecule has 1 heteroatoms. The molecule has 1 unspecified atom stereocenters. The predicted octanol–water partition coefficient (Wildman–Crippen LogP) is 4.33. The SMILES string of the molecule is CCCc1ccncc1C(CC)CCC. The van der Waals surface area contributed by atoms with Crippen molar-refractivity contribution >= 4 is 0 Å². The summed E-state index contributed by atoms with van der Waals surface area (Å²) < 4.78 is 0. The topological polar surface area (TPSA) is 12.9 Å². The first kappa shape index (κ1) is 12.2. The highest BCUT2D eigenvalue weighted by atomic mass is 14.6. The third-order valence-corrected chi connectivity index (χ3v) is 3.04. The van der Waals surface area contributed by atoms with Crippen molar-refractivity contribution in [3.05, 3.63) is 29.6 Å². The molecule has 1 nitrogen and oxygen atoms in total. The molecule has 0 aliphatic carbocycles. The van der Waals surface area contributed by atoms with E-state index in [2.05, 4.69) is 38.0 Å². The van der Waals surface area contributed by atoms with Crippen LogP contribution in [0.5, 0.6) is 0 Å². The molecular weight excluding hydrogens is 182 g/mol. The Kier molecular flexibility index (Phi) is 5.38. The molecule has 15 heavy (non-hydrogen) atoms. The van der Waals surface area contributed by atoms with Gasteiger partial charge in [0.2, 0.25) is 0 Å². The van der Waals surface area contributed by atoms with Crippen molar-refractivity contribution in [2.45, 2.75) is 58.8 Å². The average Bonchev–Trinajstić information content (AvgIpc) is 2.27. The van der Waals surface area contributed by atoms with E-state index in [1.165, 1.54) is 43.2 Å². The van der Waals surface area contributed by atoms with E-state index in [4.69, 9.17) is 0 Å². The first-order chi connectivity index (χ1) is 7.33. The highest BCUT2D eigenvalue weighted by Crippen LogP contribution is 2.27. The average molecular weight is 205 g/mol. The van der Waals surface area contributed by atoms with Crippen molar-refractivity contribution in [3.8, 4) is 0 Å². The summed E-state index contributed by atoms with van der Waals surface area (Å²) in [4.78, 5) is 4.28. The molecule has 0 spiro atoms. The van der Waals surface area contributed by atoms with Gasteiger partial charge in [-0.15, -0.1) is 0 Å². The van der Waals surface area contributed by atoms with E-state index in [9.17, 15) is 0 Å². The van der Waals surface area contributed by atoms with E-state index >= 15 is 0 Å². The van der Waals surface area contributed by atoms with Gasteiger partial charge < -0.3 is 0 Å². The number of pyridine rings is 1. The summed E-state index contributed by atoms with van der Waals surface area (Å²) in [5.41, 5.74) is 3.00. The standard InChI is InChI=1S/C14H23N/c1-4-7-12(6-3)14-11-15-10-9-13(14)8-5-2/h9-12H,4-8H2,1-3H3. The summed E-state index contributed by atoms with van der Waals surface area (Å²) in [7, 11) is 0. The van der Waals surface area contributed by atoms with Crippen LogP contribution in [0.25, 0.3) is 0 Å². The van der Waals surface area contributed by atoms with Gasteiger partial charge in [-0.1, -0.05) is 33.6 Å². The van der Waals surface area contributed by atoms with Crippen LogP contribution in [-0.2, 0) is 6.42 Å². The highest BCUT2D eigenvalue weighted by Gasteiger charge is 2.12. The molecule has 0 radical (unpaired) electrons. The van der Waals surface area contributed by atoms with Crippen molar-refractivity contribution in [2.24, 2.45) is 0 Å². The van der Waals surface area contributed by atoms with Gasteiger partial charge in [-0.05, 0) is 42.4 Å². The molecule has 0 bridgehead atoms. The third-order valence-electron chi connectivity index (χ3n) is 3.04. The molecule has 0 saturated carbocycles. The monoisotopic (exact) mass is 205 g/mol. The molecule has 0 amide bonds. The second-order valence-corrected chi connectivity index (χ2v) is 4.22. The summed E-state index contributed by atoms with van der Waals surface area (Å²) in [5.74, 6) is 0.713. The zero-order valence-corrected chi connectivity index (χ0v) is 10.3. The van der Waals surface area contributed by atoms with Crippen LogP contribution in [0.3, 0.4) is 0 Å². The molecule has 1 atom stereocenters. The lowest BCUT2D eigenvalue weighted by Gasteiger charge is -2.17.